The lowest BCUT2D eigenvalue weighted by Gasteiger charge is -2.20. The number of hydrogen-bond donors (Lipinski definition) is 1. The van der Waals surface area contributed by atoms with Gasteiger partial charge in [-0.3, -0.25) is 9.48 Å². The Morgan fingerprint density at radius 1 is 1.20 bits per heavy atom. The van der Waals surface area contributed by atoms with Gasteiger partial charge in [0.1, 0.15) is 5.82 Å². The fraction of sp³-hybridized carbons (Fsp3) is 0.350. The van der Waals surface area contributed by atoms with Gasteiger partial charge < -0.3 is 5.32 Å². The predicted octanol–water partition coefficient (Wildman–Crippen LogP) is 4.15. The standard InChI is InChI=1S/C20H22N4O/c1-24-13-18(12-22-24)15-7-8-16-11-21-19(10-17(16)9-15)23-20(25)14-5-3-2-4-6-14/h7-14H,2-6H2,1H3,(H,21,23,25)/i11D. The Hall–Kier alpha value is -2.69. The minimum Gasteiger partial charge on any atom is -0.310 e. The topological polar surface area (TPSA) is 59.8 Å². The van der Waals surface area contributed by atoms with Crippen LogP contribution in [0.25, 0.3) is 21.9 Å². The highest BCUT2D eigenvalue weighted by molar-refractivity contribution is 5.95. The summed E-state index contributed by atoms with van der Waals surface area (Å²) in [6.45, 7) is 0. The summed E-state index contributed by atoms with van der Waals surface area (Å²) in [5.74, 6) is 0.554. The largest absolute Gasteiger partial charge is 0.310 e. The number of nitrogens with zero attached hydrogens (tertiary/aromatic N) is 3. The van der Waals surface area contributed by atoms with Crippen molar-refractivity contribution in [2.24, 2.45) is 13.0 Å². The molecule has 1 aliphatic rings. The molecule has 2 heterocycles. The summed E-state index contributed by atoms with van der Waals surface area (Å²) >= 11 is 0. The van der Waals surface area contributed by atoms with Gasteiger partial charge in [-0.2, -0.15) is 5.10 Å². The van der Waals surface area contributed by atoms with E-state index >= 15 is 0 Å². The van der Waals surface area contributed by atoms with Crippen LogP contribution in [0, 0.1) is 5.92 Å². The molecule has 1 aromatic carbocycles. The number of carbonyl (C=O) groups is 1. The van der Waals surface area contributed by atoms with Gasteiger partial charge in [0.25, 0.3) is 0 Å². The van der Waals surface area contributed by atoms with Crippen molar-refractivity contribution in [1.82, 2.24) is 14.8 Å². The van der Waals surface area contributed by atoms with Crippen molar-refractivity contribution in [3.8, 4) is 11.1 Å². The average Bonchev–Trinajstić information content (AvgIpc) is 3.08. The summed E-state index contributed by atoms with van der Waals surface area (Å²) in [4.78, 5) is 16.7. The van der Waals surface area contributed by atoms with Crippen molar-refractivity contribution >= 4 is 22.5 Å². The van der Waals surface area contributed by atoms with E-state index in [-0.39, 0.29) is 18.0 Å². The van der Waals surface area contributed by atoms with Crippen molar-refractivity contribution in [3.05, 3.63) is 42.8 Å². The number of benzene rings is 1. The van der Waals surface area contributed by atoms with Crippen molar-refractivity contribution in [1.29, 1.82) is 0 Å². The Bertz CT molecular complexity index is 960. The van der Waals surface area contributed by atoms with E-state index in [1.807, 2.05) is 43.7 Å². The zero-order valence-electron chi connectivity index (χ0n) is 15.3. The lowest BCUT2D eigenvalue weighted by atomic mass is 9.89. The molecule has 0 radical (unpaired) electrons. The molecule has 0 spiro atoms. The first-order valence-electron chi connectivity index (χ1n) is 9.31. The van der Waals surface area contributed by atoms with Crippen LogP contribution in [0.4, 0.5) is 5.82 Å². The monoisotopic (exact) mass is 335 g/mol. The van der Waals surface area contributed by atoms with Crippen molar-refractivity contribution in [3.63, 3.8) is 0 Å². The maximum atomic E-state index is 12.5. The maximum absolute atomic E-state index is 12.5. The Balaban J connectivity index is 1.64. The number of rotatable bonds is 3. The summed E-state index contributed by atoms with van der Waals surface area (Å²) in [5, 5.41) is 8.80. The van der Waals surface area contributed by atoms with Crippen molar-refractivity contribution in [2.45, 2.75) is 32.1 Å². The van der Waals surface area contributed by atoms with Gasteiger partial charge in [-0.25, -0.2) is 4.98 Å². The molecule has 25 heavy (non-hydrogen) atoms. The van der Waals surface area contributed by atoms with Crippen LogP contribution in [0.1, 0.15) is 33.5 Å². The summed E-state index contributed by atoms with van der Waals surface area (Å²) in [6, 6.07) is 7.75. The molecule has 0 unspecified atom stereocenters. The van der Waals surface area contributed by atoms with Gasteiger partial charge in [-0.1, -0.05) is 31.4 Å². The zero-order chi connectivity index (χ0) is 18.1. The number of aromatic nitrogens is 3. The minimum atomic E-state index is 0.0272. The Morgan fingerprint density at radius 2 is 2.04 bits per heavy atom. The van der Waals surface area contributed by atoms with Gasteiger partial charge in [0.2, 0.25) is 5.91 Å². The third-order valence-corrected chi connectivity index (χ3v) is 4.91. The SMILES string of the molecule is [2H]c1nc(NC(=O)C2CCCCC2)cc2cc(-c3cnn(C)c3)ccc12. The molecule has 3 aromatic rings. The Labute approximate surface area is 148 Å². The second kappa shape index (κ2) is 6.67. The molecule has 1 fully saturated rings. The van der Waals surface area contributed by atoms with Gasteiger partial charge in [-0.05, 0) is 35.9 Å². The number of aryl methyl sites for hydroxylation is 1. The predicted molar refractivity (Wildman–Crippen MR) is 99.1 cm³/mol. The second-order valence-electron chi connectivity index (χ2n) is 6.78. The van der Waals surface area contributed by atoms with Crippen LogP contribution in [0.15, 0.2) is 42.8 Å². The first kappa shape index (κ1) is 14.6. The molecule has 1 saturated carbocycles. The van der Waals surface area contributed by atoms with E-state index in [4.69, 9.17) is 1.37 Å². The summed E-state index contributed by atoms with van der Waals surface area (Å²) < 4.78 is 9.96. The molecule has 0 bridgehead atoms. The summed E-state index contributed by atoms with van der Waals surface area (Å²) in [6.07, 6.45) is 9.27. The second-order valence-corrected chi connectivity index (χ2v) is 6.78. The number of nitrogens with one attached hydrogen (secondary N) is 1. The Morgan fingerprint density at radius 3 is 2.80 bits per heavy atom. The van der Waals surface area contributed by atoms with Gasteiger partial charge in [0.05, 0.1) is 7.57 Å². The van der Waals surface area contributed by atoms with Crippen LogP contribution < -0.4 is 5.32 Å². The third kappa shape index (κ3) is 3.40. The van der Waals surface area contributed by atoms with Crippen LogP contribution in [-0.4, -0.2) is 20.7 Å². The molecule has 128 valence electrons. The highest BCUT2D eigenvalue weighted by Crippen LogP contribution is 2.27. The fourth-order valence-corrected chi connectivity index (χ4v) is 3.49. The quantitative estimate of drug-likeness (QED) is 0.782. The van der Waals surface area contributed by atoms with Crippen LogP contribution in [0.5, 0.6) is 0 Å². The molecular weight excluding hydrogens is 312 g/mol. The molecule has 1 amide bonds. The molecule has 4 rings (SSSR count). The van der Waals surface area contributed by atoms with Crippen LogP contribution in [0.3, 0.4) is 0 Å². The van der Waals surface area contributed by atoms with Gasteiger partial charge >= 0.3 is 0 Å². The number of hydrogen-bond acceptors (Lipinski definition) is 3. The zero-order valence-corrected chi connectivity index (χ0v) is 14.3. The van der Waals surface area contributed by atoms with Gasteiger partial charge in [0, 0.05) is 36.3 Å². The summed E-state index contributed by atoms with van der Waals surface area (Å²) in [7, 11) is 1.88. The molecule has 1 aliphatic carbocycles. The van der Waals surface area contributed by atoms with Crippen LogP contribution in [-0.2, 0) is 11.8 Å². The summed E-state index contributed by atoms with van der Waals surface area (Å²) in [5.41, 5.74) is 2.05. The minimum absolute atomic E-state index is 0.0272. The molecule has 1 N–H and O–H groups in total. The van der Waals surface area contributed by atoms with E-state index in [0.717, 1.165) is 47.6 Å². The first-order chi connectivity index (χ1) is 12.6. The average molecular weight is 335 g/mol. The van der Waals surface area contributed by atoms with E-state index in [9.17, 15) is 4.79 Å². The van der Waals surface area contributed by atoms with E-state index in [1.165, 1.54) is 6.42 Å². The molecule has 0 atom stereocenters. The van der Waals surface area contributed by atoms with E-state index in [0.29, 0.717) is 5.82 Å². The fourth-order valence-electron chi connectivity index (χ4n) is 3.49. The maximum Gasteiger partial charge on any atom is 0.228 e. The van der Waals surface area contributed by atoms with E-state index < -0.39 is 0 Å². The number of pyridine rings is 1. The highest BCUT2D eigenvalue weighted by Gasteiger charge is 2.21. The smallest absolute Gasteiger partial charge is 0.228 e. The van der Waals surface area contributed by atoms with Crippen LogP contribution >= 0.6 is 0 Å². The molecular formula is C20H22N4O. The molecule has 0 saturated heterocycles. The normalized spacial score (nSPS) is 16.0. The van der Waals surface area contributed by atoms with E-state index in [1.54, 1.807) is 4.68 Å². The number of fused-ring (bicyclic) bond motifs is 1. The molecule has 5 heteroatoms. The van der Waals surface area contributed by atoms with Crippen LogP contribution in [0.2, 0.25) is 0 Å². The molecule has 5 nitrogen and oxygen atoms in total. The highest BCUT2D eigenvalue weighted by atomic mass is 16.1. The third-order valence-electron chi connectivity index (χ3n) is 4.91. The van der Waals surface area contributed by atoms with Crippen molar-refractivity contribution < 1.29 is 6.17 Å². The lowest BCUT2D eigenvalue weighted by Crippen LogP contribution is -2.25. The lowest BCUT2D eigenvalue weighted by molar-refractivity contribution is -0.120. The Kier molecular flexibility index (Phi) is 3.90. The molecule has 0 aliphatic heterocycles. The van der Waals surface area contributed by atoms with Gasteiger partial charge in [-0.15, -0.1) is 0 Å². The van der Waals surface area contributed by atoms with Gasteiger partial charge in [0.15, 0.2) is 0 Å². The number of carbonyl (C=O) groups excluding carboxylic acids is 1. The first-order valence-corrected chi connectivity index (χ1v) is 8.81. The van der Waals surface area contributed by atoms with Crippen molar-refractivity contribution in [2.75, 3.05) is 5.32 Å². The number of anilines is 1. The van der Waals surface area contributed by atoms with E-state index in [2.05, 4.69) is 15.4 Å². The molecule has 2 aromatic heterocycles. The number of amides is 1.